The van der Waals surface area contributed by atoms with Gasteiger partial charge in [-0.2, -0.15) is 5.26 Å². The summed E-state index contributed by atoms with van der Waals surface area (Å²) < 4.78 is 16.3. The molecule has 0 aliphatic heterocycles. The van der Waals surface area contributed by atoms with Gasteiger partial charge in [-0.3, -0.25) is 0 Å². The molecular weight excluding hydrogens is 455 g/mol. The molecule has 102 valence electrons. The van der Waals surface area contributed by atoms with Crippen molar-refractivity contribution < 1.29 is 4.39 Å². The van der Waals surface area contributed by atoms with Crippen LogP contribution in [0.5, 0.6) is 0 Å². The summed E-state index contributed by atoms with van der Waals surface area (Å²) in [6.07, 6.45) is 0. The number of hydrogen-bond acceptors (Lipinski definition) is 2. The van der Waals surface area contributed by atoms with Crippen molar-refractivity contribution in [3.8, 4) is 6.07 Å². The zero-order chi connectivity index (χ0) is 14.7. The molecule has 20 heavy (non-hydrogen) atoms. The Bertz CT molecular complexity index is 672. The van der Waals surface area contributed by atoms with Gasteiger partial charge in [-0.25, -0.2) is 4.39 Å². The van der Waals surface area contributed by atoms with Gasteiger partial charge in [-0.15, -0.1) is 0 Å². The Morgan fingerprint density at radius 3 is 2.35 bits per heavy atom. The minimum atomic E-state index is -0.333. The van der Waals surface area contributed by atoms with Gasteiger partial charge in [-0.05, 0) is 62.2 Å². The molecule has 0 atom stereocenters. The molecule has 0 aromatic heterocycles. The average Bonchev–Trinajstić information content (AvgIpc) is 2.39. The third-order valence-electron chi connectivity index (χ3n) is 2.64. The standard InChI is InChI=1S/C14H8Br3FN2/c15-10-4-11(16)14(12(17)5-10)20-7-9-3-8(6-19)1-2-13(9)18/h1-5,20H,7H2. The smallest absolute Gasteiger partial charge is 0.128 e. The summed E-state index contributed by atoms with van der Waals surface area (Å²) in [7, 11) is 0. The van der Waals surface area contributed by atoms with E-state index in [2.05, 4.69) is 53.1 Å². The Morgan fingerprint density at radius 2 is 1.75 bits per heavy atom. The molecule has 2 nitrogen and oxygen atoms in total. The molecule has 2 rings (SSSR count). The second-order valence-electron chi connectivity index (χ2n) is 4.02. The number of anilines is 1. The first-order valence-corrected chi connectivity index (χ1v) is 7.96. The predicted octanol–water partition coefficient (Wildman–Crippen LogP) is 5.60. The van der Waals surface area contributed by atoms with Gasteiger partial charge in [0.05, 0.1) is 17.3 Å². The number of nitriles is 1. The van der Waals surface area contributed by atoms with Crippen molar-refractivity contribution in [1.29, 1.82) is 5.26 Å². The number of nitrogens with zero attached hydrogens (tertiary/aromatic N) is 1. The summed E-state index contributed by atoms with van der Waals surface area (Å²) >= 11 is 10.3. The van der Waals surface area contributed by atoms with E-state index in [-0.39, 0.29) is 5.82 Å². The zero-order valence-corrected chi connectivity index (χ0v) is 14.8. The van der Waals surface area contributed by atoms with Gasteiger partial charge in [0, 0.05) is 25.5 Å². The average molecular weight is 463 g/mol. The summed E-state index contributed by atoms with van der Waals surface area (Å²) in [6.45, 7) is 0.292. The van der Waals surface area contributed by atoms with Gasteiger partial charge >= 0.3 is 0 Å². The van der Waals surface area contributed by atoms with E-state index in [9.17, 15) is 4.39 Å². The number of halogens is 4. The summed E-state index contributed by atoms with van der Waals surface area (Å²) in [5.74, 6) is -0.333. The van der Waals surface area contributed by atoms with Gasteiger partial charge in [0.25, 0.3) is 0 Å². The fourth-order valence-corrected chi connectivity index (χ4v) is 4.21. The van der Waals surface area contributed by atoms with E-state index in [4.69, 9.17) is 5.26 Å². The van der Waals surface area contributed by atoms with Crippen LogP contribution in [0, 0.1) is 17.1 Å². The Kier molecular flexibility index (Phi) is 5.19. The highest BCUT2D eigenvalue weighted by molar-refractivity contribution is 9.11. The molecule has 0 saturated carbocycles. The maximum Gasteiger partial charge on any atom is 0.128 e. The summed E-state index contributed by atoms with van der Waals surface area (Å²) in [5.41, 5.74) is 1.72. The van der Waals surface area contributed by atoms with Crippen LogP contribution >= 0.6 is 47.8 Å². The van der Waals surface area contributed by atoms with Crippen molar-refractivity contribution >= 4 is 53.5 Å². The van der Waals surface area contributed by atoms with Gasteiger partial charge < -0.3 is 5.32 Å². The number of hydrogen-bond donors (Lipinski definition) is 1. The van der Waals surface area contributed by atoms with Crippen molar-refractivity contribution in [2.24, 2.45) is 0 Å². The molecule has 2 aromatic carbocycles. The molecule has 0 saturated heterocycles. The van der Waals surface area contributed by atoms with Crippen LogP contribution in [0.4, 0.5) is 10.1 Å². The molecule has 0 unspecified atom stereocenters. The van der Waals surface area contributed by atoms with Gasteiger partial charge in [-0.1, -0.05) is 15.9 Å². The monoisotopic (exact) mass is 460 g/mol. The van der Waals surface area contributed by atoms with E-state index >= 15 is 0 Å². The lowest BCUT2D eigenvalue weighted by Crippen LogP contribution is -2.03. The van der Waals surface area contributed by atoms with Crippen molar-refractivity contribution in [2.45, 2.75) is 6.54 Å². The second-order valence-corrected chi connectivity index (χ2v) is 6.64. The zero-order valence-electron chi connectivity index (χ0n) is 10.1. The molecule has 0 bridgehead atoms. The third-order valence-corrected chi connectivity index (χ3v) is 4.35. The largest absolute Gasteiger partial charge is 0.379 e. The van der Waals surface area contributed by atoms with Gasteiger partial charge in [0.2, 0.25) is 0 Å². The highest BCUT2D eigenvalue weighted by Gasteiger charge is 2.09. The molecule has 0 fully saturated rings. The summed E-state index contributed by atoms with van der Waals surface area (Å²) in [6, 6.07) is 10.1. The van der Waals surface area contributed by atoms with Crippen molar-refractivity contribution in [3.05, 3.63) is 60.7 Å². The molecule has 0 radical (unpaired) electrons. The molecule has 0 aliphatic rings. The summed E-state index contributed by atoms with van der Waals surface area (Å²) in [4.78, 5) is 0. The summed E-state index contributed by atoms with van der Waals surface area (Å²) in [5, 5.41) is 12.0. The quantitative estimate of drug-likeness (QED) is 0.644. The van der Waals surface area contributed by atoms with Crippen molar-refractivity contribution in [1.82, 2.24) is 0 Å². The van der Waals surface area contributed by atoms with Crippen LogP contribution in [-0.2, 0) is 6.54 Å². The Balaban J connectivity index is 2.24. The van der Waals surface area contributed by atoms with Gasteiger partial charge in [0.1, 0.15) is 5.82 Å². The van der Waals surface area contributed by atoms with Crippen molar-refractivity contribution in [3.63, 3.8) is 0 Å². The minimum Gasteiger partial charge on any atom is -0.379 e. The van der Waals surface area contributed by atoms with Crippen molar-refractivity contribution in [2.75, 3.05) is 5.32 Å². The molecule has 0 spiro atoms. The van der Waals surface area contributed by atoms with Crippen LogP contribution in [-0.4, -0.2) is 0 Å². The Hall–Kier alpha value is -0.900. The van der Waals surface area contributed by atoms with Crippen LogP contribution in [0.3, 0.4) is 0 Å². The second kappa shape index (κ2) is 6.70. The normalized spacial score (nSPS) is 10.2. The molecule has 2 aromatic rings. The van der Waals surface area contributed by atoms with E-state index in [0.717, 1.165) is 19.1 Å². The van der Waals surface area contributed by atoms with E-state index < -0.39 is 0 Å². The highest BCUT2D eigenvalue weighted by atomic mass is 79.9. The first kappa shape index (κ1) is 15.5. The fraction of sp³-hybridized carbons (Fsp3) is 0.0714. The molecular formula is C14H8Br3FN2. The topological polar surface area (TPSA) is 35.8 Å². The fourth-order valence-electron chi connectivity index (χ4n) is 1.67. The number of rotatable bonds is 3. The predicted molar refractivity (Wildman–Crippen MR) is 88.0 cm³/mol. The third kappa shape index (κ3) is 3.60. The van der Waals surface area contributed by atoms with E-state index in [1.807, 2.05) is 18.2 Å². The molecule has 0 heterocycles. The molecule has 0 aliphatic carbocycles. The first-order valence-electron chi connectivity index (χ1n) is 5.58. The van der Waals surface area contributed by atoms with E-state index in [1.54, 1.807) is 6.07 Å². The number of nitrogens with one attached hydrogen (secondary N) is 1. The maximum absolute atomic E-state index is 13.7. The molecule has 1 N–H and O–H groups in total. The lowest BCUT2D eigenvalue weighted by atomic mass is 10.1. The van der Waals surface area contributed by atoms with E-state index in [1.165, 1.54) is 12.1 Å². The lowest BCUT2D eigenvalue weighted by Gasteiger charge is -2.12. The maximum atomic E-state index is 13.7. The highest BCUT2D eigenvalue weighted by Crippen LogP contribution is 2.34. The van der Waals surface area contributed by atoms with E-state index in [0.29, 0.717) is 17.7 Å². The minimum absolute atomic E-state index is 0.292. The van der Waals surface area contributed by atoms with Crippen LogP contribution < -0.4 is 5.32 Å². The van der Waals surface area contributed by atoms with Crippen LogP contribution in [0.15, 0.2) is 43.7 Å². The van der Waals surface area contributed by atoms with Crippen LogP contribution in [0.2, 0.25) is 0 Å². The molecule has 0 amide bonds. The van der Waals surface area contributed by atoms with Crippen LogP contribution in [0.1, 0.15) is 11.1 Å². The van der Waals surface area contributed by atoms with Gasteiger partial charge in [0.15, 0.2) is 0 Å². The number of benzene rings is 2. The Labute approximate surface area is 141 Å². The lowest BCUT2D eigenvalue weighted by molar-refractivity contribution is 0.612. The SMILES string of the molecule is N#Cc1ccc(F)c(CNc2c(Br)cc(Br)cc2Br)c1. The Morgan fingerprint density at radius 1 is 1.10 bits per heavy atom. The first-order chi connectivity index (χ1) is 9.51. The van der Waals surface area contributed by atoms with Crippen LogP contribution in [0.25, 0.3) is 0 Å². The molecule has 6 heteroatoms.